The molecule has 0 radical (unpaired) electrons. The Morgan fingerprint density at radius 2 is 1.95 bits per heavy atom. The zero-order valence-corrected chi connectivity index (χ0v) is 11.8. The maximum atomic E-state index is 4.72. The fraction of sp³-hybridized carbons (Fsp3) is 0.235. The van der Waals surface area contributed by atoms with Gasteiger partial charge in [-0.3, -0.25) is 0 Å². The van der Waals surface area contributed by atoms with Gasteiger partial charge in [0.2, 0.25) is 0 Å². The van der Waals surface area contributed by atoms with Crippen LogP contribution >= 0.6 is 0 Å². The fourth-order valence-electron chi connectivity index (χ4n) is 2.89. The maximum absolute atomic E-state index is 4.72. The maximum Gasteiger partial charge on any atom is 0.132 e. The zero-order valence-electron chi connectivity index (χ0n) is 11.8. The fourth-order valence-corrected chi connectivity index (χ4v) is 2.89. The number of hydrogen-bond donors (Lipinski definition) is 2. The van der Waals surface area contributed by atoms with E-state index in [-0.39, 0.29) is 0 Å². The minimum atomic E-state index is 0.897. The van der Waals surface area contributed by atoms with Crippen LogP contribution in [-0.2, 0) is 0 Å². The van der Waals surface area contributed by atoms with E-state index >= 15 is 0 Å². The Balaban J connectivity index is 1.59. The molecule has 0 amide bonds. The Bertz CT molecular complexity index is 756. The smallest absolute Gasteiger partial charge is 0.132 e. The topological polar surface area (TPSA) is 44.0 Å². The first kappa shape index (κ1) is 12.3. The standard InChI is InChI=1S/C17H18N4/c1-2-11-21(10-1)17-5-3-4-16(20-17)19-14-6-7-15-13(12-14)8-9-18-15/h3-9,12,18H,1-2,10-11H2,(H,19,20). The van der Waals surface area contributed by atoms with Crippen LogP contribution in [0.1, 0.15) is 12.8 Å². The first-order valence-corrected chi connectivity index (χ1v) is 7.45. The van der Waals surface area contributed by atoms with E-state index in [1.165, 1.54) is 18.2 Å². The summed E-state index contributed by atoms with van der Waals surface area (Å²) in [7, 11) is 0. The lowest BCUT2D eigenvalue weighted by Gasteiger charge is -2.17. The van der Waals surface area contributed by atoms with E-state index in [9.17, 15) is 0 Å². The number of aromatic nitrogens is 2. The summed E-state index contributed by atoms with van der Waals surface area (Å²) in [4.78, 5) is 10.3. The predicted molar refractivity (Wildman–Crippen MR) is 87.3 cm³/mol. The van der Waals surface area contributed by atoms with Crippen LogP contribution in [0.4, 0.5) is 17.3 Å². The van der Waals surface area contributed by atoms with Crippen molar-refractivity contribution in [3.63, 3.8) is 0 Å². The highest BCUT2D eigenvalue weighted by Crippen LogP contribution is 2.23. The van der Waals surface area contributed by atoms with Gasteiger partial charge in [-0.1, -0.05) is 6.07 Å². The highest BCUT2D eigenvalue weighted by Gasteiger charge is 2.13. The van der Waals surface area contributed by atoms with Crippen LogP contribution in [0.2, 0.25) is 0 Å². The van der Waals surface area contributed by atoms with E-state index in [0.717, 1.165) is 35.9 Å². The number of nitrogens with one attached hydrogen (secondary N) is 2. The summed E-state index contributed by atoms with van der Waals surface area (Å²) in [5.74, 6) is 1.97. The number of aromatic amines is 1. The lowest BCUT2D eigenvalue weighted by Crippen LogP contribution is -2.19. The van der Waals surface area contributed by atoms with Crippen molar-refractivity contribution in [3.8, 4) is 0 Å². The van der Waals surface area contributed by atoms with E-state index in [1.807, 2.05) is 12.3 Å². The van der Waals surface area contributed by atoms with Crippen LogP contribution < -0.4 is 10.2 Å². The van der Waals surface area contributed by atoms with Gasteiger partial charge in [0.05, 0.1) is 0 Å². The second kappa shape index (κ2) is 5.13. The number of fused-ring (bicyclic) bond motifs is 1. The molecule has 0 unspecified atom stereocenters. The minimum Gasteiger partial charge on any atom is -0.361 e. The molecule has 1 aromatic carbocycles. The molecule has 0 saturated carbocycles. The summed E-state index contributed by atoms with van der Waals surface area (Å²) in [5.41, 5.74) is 2.22. The van der Waals surface area contributed by atoms with Gasteiger partial charge in [-0.15, -0.1) is 0 Å². The zero-order chi connectivity index (χ0) is 14.1. The molecule has 2 aromatic heterocycles. The first-order valence-electron chi connectivity index (χ1n) is 7.45. The molecule has 106 valence electrons. The van der Waals surface area contributed by atoms with Gasteiger partial charge in [0, 0.05) is 35.9 Å². The molecule has 2 N–H and O–H groups in total. The van der Waals surface area contributed by atoms with Gasteiger partial charge in [0.15, 0.2) is 0 Å². The third-order valence-electron chi connectivity index (χ3n) is 3.99. The van der Waals surface area contributed by atoms with Crippen LogP contribution in [-0.4, -0.2) is 23.1 Å². The van der Waals surface area contributed by atoms with Crippen LogP contribution in [0.25, 0.3) is 10.9 Å². The average molecular weight is 278 g/mol. The Morgan fingerprint density at radius 3 is 2.86 bits per heavy atom. The van der Waals surface area contributed by atoms with Crippen molar-refractivity contribution in [1.82, 2.24) is 9.97 Å². The largest absolute Gasteiger partial charge is 0.361 e. The Hall–Kier alpha value is -2.49. The van der Waals surface area contributed by atoms with Gasteiger partial charge in [0.1, 0.15) is 11.6 Å². The summed E-state index contributed by atoms with van der Waals surface area (Å²) in [5, 5.41) is 4.60. The summed E-state index contributed by atoms with van der Waals surface area (Å²) in [6, 6.07) is 14.5. The molecule has 3 heterocycles. The van der Waals surface area contributed by atoms with Gasteiger partial charge in [0.25, 0.3) is 0 Å². The highest BCUT2D eigenvalue weighted by atomic mass is 15.2. The summed E-state index contributed by atoms with van der Waals surface area (Å²) >= 11 is 0. The van der Waals surface area contributed by atoms with Gasteiger partial charge < -0.3 is 15.2 Å². The van der Waals surface area contributed by atoms with Gasteiger partial charge in [-0.05, 0) is 49.2 Å². The van der Waals surface area contributed by atoms with Gasteiger partial charge in [-0.25, -0.2) is 4.98 Å². The van der Waals surface area contributed by atoms with Crippen molar-refractivity contribution in [2.45, 2.75) is 12.8 Å². The van der Waals surface area contributed by atoms with Crippen molar-refractivity contribution in [1.29, 1.82) is 0 Å². The molecule has 1 fully saturated rings. The molecule has 1 saturated heterocycles. The molecule has 4 heteroatoms. The molecule has 0 aliphatic carbocycles. The first-order chi connectivity index (χ1) is 10.4. The molecule has 0 bridgehead atoms. The molecule has 4 nitrogen and oxygen atoms in total. The van der Waals surface area contributed by atoms with Crippen LogP contribution in [0.5, 0.6) is 0 Å². The third kappa shape index (κ3) is 2.44. The van der Waals surface area contributed by atoms with Crippen molar-refractivity contribution < 1.29 is 0 Å². The predicted octanol–water partition coefficient (Wildman–Crippen LogP) is 3.91. The molecular formula is C17H18N4. The normalized spacial score (nSPS) is 14.8. The van der Waals surface area contributed by atoms with Gasteiger partial charge in [-0.2, -0.15) is 0 Å². The molecule has 0 spiro atoms. The second-order valence-corrected chi connectivity index (χ2v) is 5.48. The number of benzene rings is 1. The second-order valence-electron chi connectivity index (χ2n) is 5.48. The van der Waals surface area contributed by atoms with Crippen molar-refractivity contribution in [2.24, 2.45) is 0 Å². The van der Waals surface area contributed by atoms with Crippen LogP contribution in [0.3, 0.4) is 0 Å². The number of hydrogen-bond acceptors (Lipinski definition) is 3. The number of rotatable bonds is 3. The number of pyridine rings is 1. The Morgan fingerprint density at radius 1 is 1.05 bits per heavy atom. The monoisotopic (exact) mass is 278 g/mol. The van der Waals surface area contributed by atoms with E-state index in [1.54, 1.807) is 0 Å². The Kier molecular flexibility index (Phi) is 2.99. The average Bonchev–Trinajstić information content (AvgIpc) is 3.18. The molecule has 4 rings (SSSR count). The Labute approximate surface area is 123 Å². The van der Waals surface area contributed by atoms with Crippen molar-refractivity contribution in [2.75, 3.05) is 23.3 Å². The summed E-state index contributed by atoms with van der Waals surface area (Å²) < 4.78 is 0. The molecule has 3 aromatic rings. The van der Waals surface area contributed by atoms with E-state index < -0.39 is 0 Å². The van der Waals surface area contributed by atoms with E-state index in [0.29, 0.717) is 0 Å². The van der Waals surface area contributed by atoms with Crippen molar-refractivity contribution in [3.05, 3.63) is 48.7 Å². The number of H-pyrrole nitrogens is 1. The van der Waals surface area contributed by atoms with Crippen molar-refractivity contribution >= 4 is 28.2 Å². The minimum absolute atomic E-state index is 0.897. The van der Waals surface area contributed by atoms with E-state index in [2.05, 4.69) is 51.6 Å². The summed E-state index contributed by atoms with van der Waals surface area (Å²) in [6.07, 6.45) is 4.49. The molecule has 21 heavy (non-hydrogen) atoms. The number of nitrogens with zero attached hydrogens (tertiary/aromatic N) is 2. The van der Waals surface area contributed by atoms with E-state index in [4.69, 9.17) is 4.98 Å². The number of anilines is 3. The lowest BCUT2D eigenvalue weighted by molar-refractivity contribution is 0.939. The quantitative estimate of drug-likeness (QED) is 0.763. The SMILES string of the molecule is c1cc(Nc2ccc3[nH]ccc3c2)nc(N2CCCC2)c1. The molecule has 0 atom stereocenters. The molecule has 1 aliphatic rings. The lowest BCUT2D eigenvalue weighted by atomic mass is 10.2. The van der Waals surface area contributed by atoms with Crippen LogP contribution in [0.15, 0.2) is 48.7 Å². The molecule has 1 aliphatic heterocycles. The highest BCUT2D eigenvalue weighted by molar-refractivity contribution is 5.83. The van der Waals surface area contributed by atoms with Gasteiger partial charge >= 0.3 is 0 Å². The summed E-state index contributed by atoms with van der Waals surface area (Å²) in [6.45, 7) is 2.23. The molecular weight excluding hydrogens is 260 g/mol. The van der Waals surface area contributed by atoms with Crippen LogP contribution in [0, 0.1) is 0 Å². The third-order valence-corrected chi connectivity index (χ3v) is 3.99.